The zero-order chi connectivity index (χ0) is 27.6. The molecule has 0 spiro atoms. The lowest BCUT2D eigenvalue weighted by Crippen LogP contribution is -2.39. The summed E-state index contributed by atoms with van der Waals surface area (Å²) in [6, 6.07) is 18.9. The van der Waals surface area contributed by atoms with E-state index in [4.69, 9.17) is 35.4 Å². The van der Waals surface area contributed by atoms with Crippen LogP contribution in [0.1, 0.15) is 10.4 Å². The predicted molar refractivity (Wildman–Crippen MR) is 167 cm³/mol. The standard InChI is InChI=1S/C24H13Cl2I2N5O4S/c25-18-3-1-5-20(29-18)31(14-7-9-15(10-8-14)33(36)37)24(38)32(21-6-2-4-19(26)30-21)22-16(27)11-13(23(34)35)12-17(22)28/h1-12H,(H,34,35). The molecule has 0 aliphatic heterocycles. The number of carboxylic acid groups (broad SMARTS) is 1. The molecule has 1 N–H and O–H groups in total. The van der Waals surface area contributed by atoms with Crippen molar-refractivity contribution >= 4 is 120 Å². The number of rotatable bonds is 6. The molecule has 0 atom stereocenters. The number of nitro groups is 1. The van der Waals surface area contributed by atoms with Crippen molar-refractivity contribution in [3.63, 3.8) is 0 Å². The van der Waals surface area contributed by atoms with E-state index in [2.05, 4.69) is 9.97 Å². The molecule has 0 aliphatic carbocycles. The maximum atomic E-state index is 11.7. The van der Waals surface area contributed by atoms with Crippen LogP contribution in [0.4, 0.5) is 28.7 Å². The van der Waals surface area contributed by atoms with Crippen molar-refractivity contribution in [3.8, 4) is 0 Å². The fourth-order valence-corrected chi connectivity index (χ4v) is 6.37. The zero-order valence-corrected chi connectivity index (χ0v) is 25.4. The van der Waals surface area contributed by atoms with E-state index in [0.717, 1.165) is 0 Å². The van der Waals surface area contributed by atoms with Crippen LogP contribution in [-0.2, 0) is 0 Å². The lowest BCUT2D eigenvalue weighted by atomic mass is 10.2. The highest BCUT2D eigenvalue weighted by Gasteiger charge is 2.29. The molecule has 2 heterocycles. The van der Waals surface area contributed by atoms with Gasteiger partial charge in [-0.15, -0.1) is 0 Å². The Hall–Kier alpha value is -2.66. The van der Waals surface area contributed by atoms with E-state index in [1.165, 1.54) is 24.3 Å². The van der Waals surface area contributed by atoms with Crippen LogP contribution >= 0.6 is 80.6 Å². The fraction of sp³-hybridized carbons (Fsp3) is 0. The molecule has 2 aromatic heterocycles. The van der Waals surface area contributed by atoms with Crippen LogP contribution < -0.4 is 9.80 Å². The molecule has 38 heavy (non-hydrogen) atoms. The maximum Gasteiger partial charge on any atom is 0.335 e. The van der Waals surface area contributed by atoms with Gasteiger partial charge in [-0.3, -0.25) is 19.9 Å². The summed E-state index contributed by atoms with van der Waals surface area (Å²) in [4.78, 5) is 34.5. The molecular formula is C24H13Cl2I2N5O4S. The molecule has 0 radical (unpaired) electrons. The van der Waals surface area contributed by atoms with Gasteiger partial charge < -0.3 is 5.11 Å². The van der Waals surface area contributed by atoms with E-state index in [0.29, 0.717) is 30.2 Å². The van der Waals surface area contributed by atoms with Gasteiger partial charge >= 0.3 is 5.97 Å². The highest BCUT2D eigenvalue weighted by atomic mass is 127. The molecule has 4 aromatic rings. The number of hydrogen-bond acceptors (Lipinski definition) is 6. The molecule has 0 fully saturated rings. The van der Waals surface area contributed by atoms with Crippen molar-refractivity contribution < 1.29 is 14.8 Å². The Balaban J connectivity index is 1.97. The molecule has 0 aliphatic rings. The van der Waals surface area contributed by atoms with Gasteiger partial charge in [0.15, 0.2) is 5.11 Å². The Morgan fingerprint density at radius 1 is 0.895 bits per heavy atom. The SMILES string of the molecule is O=C(O)c1cc(I)c(N(C(=S)N(c2ccc([N+](=O)[O-])cc2)c2cccc(Cl)n2)c2cccc(Cl)n2)c(I)c1. The predicted octanol–water partition coefficient (Wildman–Crippen LogP) is 7.86. The first-order chi connectivity index (χ1) is 18.1. The minimum Gasteiger partial charge on any atom is -0.478 e. The quantitative estimate of drug-likeness (QED) is 0.0686. The second-order valence-electron chi connectivity index (χ2n) is 7.46. The van der Waals surface area contributed by atoms with Crippen LogP contribution in [0.15, 0.2) is 72.8 Å². The Bertz CT molecular complexity index is 1550. The number of thiocarbonyl (C=S) groups is 1. The number of aromatic nitrogens is 2. The normalized spacial score (nSPS) is 10.6. The van der Waals surface area contributed by atoms with Crippen molar-refractivity contribution in [2.24, 2.45) is 0 Å². The van der Waals surface area contributed by atoms with E-state index in [1.54, 1.807) is 58.3 Å². The third kappa shape index (κ3) is 6.14. The van der Waals surface area contributed by atoms with Crippen molar-refractivity contribution in [3.05, 3.63) is 106 Å². The summed E-state index contributed by atoms with van der Waals surface area (Å²) in [6.45, 7) is 0. The molecule has 9 nitrogen and oxygen atoms in total. The van der Waals surface area contributed by atoms with Crippen LogP contribution in [0.2, 0.25) is 10.3 Å². The number of nitro benzene ring substituents is 1. The summed E-state index contributed by atoms with van der Waals surface area (Å²) in [7, 11) is 0. The summed E-state index contributed by atoms with van der Waals surface area (Å²) in [5.41, 5.74) is 1.04. The Morgan fingerprint density at radius 2 is 1.39 bits per heavy atom. The van der Waals surface area contributed by atoms with Crippen molar-refractivity contribution in [1.82, 2.24) is 9.97 Å². The minimum absolute atomic E-state index is 0.0969. The smallest absolute Gasteiger partial charge is 0.335 e. The van der Waals surface area contributed by atoms with E-state index in [9.17, 15) is 20.0 Å². The molecule has 0 saturated heterocycles. The molecule has 0 amide bonds. The van der Waals surface area contributed by atoms with Gasteiger partial charge in [-0.2, -0.15) is 0 Å². The number of anilines is 4. The highest BCUT2D eigenvalue weighted by Crippen LogP contribution is 2.38. The molecule has 14 heteroatoms. The van der Waals surface area contributed by atoms with Crippen LogP contribution in [-0.4, -0.2) is 31.1 Å². The average molecular weight is 792 g/mol. The van der Waals surface area contributed by atoms with E-state index in [1.807, 2.05) is 45.2 Å². The largest absolute Gasteiger partial charge is 0.478 e. The van der Waals surface area contributed by atoms with E-state index in [-0.39, 0.29) is 26.7 Å². The van der Waals surface area contributed by atoms with Gasteiger partial charge in [0.25, 0.3) is 5.69 Å². The van der Waals surface area contributed by atoms with E-state index >= 15 is 0 Å². The van der Waals surface area contributed by atoms with Gasteiger partial charge in [-0.25, -0.2) is 14.8 Å². The van der Waals surface area contributed by atoms with Crippen LogP contribution in [0.5, 0.6) is 0 Å². The molecule has 2 aromatic carbocycles. The number of carboxylic acids is 1. The first-order valence-corrected chi connectivity index (χ1v) is 13.7. The maximum absolute atomic E-state index is 11.7. The molecule has 0 saturated carbocycles. The fourth-order valence-electron chi connectivity index (χ4n) is 3.42. The first-order valence-electron chi connectivity index (χ1n) is 10.4. The van der Waals surface area contributed by atoms with E-state index < -0.39 is 10.9 Å². The van der Waals surface area contributed by atoms with Gasteiger partial charge in [0.05, 0.1) is 21.9 Å². The Morgan fingerprint density at radius 3 is 1.84 bits per heavy atom. The number of benzene rings is 2. The number of pyridine rings is 2. The topological polar surface area (TPSA) is 113 Å². The van der Waals surface area contributed by atoms with Gasteiger partial charge in [0.2, 0.25) is 0 Å². The third-order valence-electron chi connectivity index (χ3n) is 5.05. The number of aromatic carboxylic acids is 1. The summed E-state index contributed by atoms with van der Waals surface area (Å²) >= 11 is 22.6. The van der Waals surface area contributed by atoms with Crippen molar-refractivity contribution in [1.29, 1.82) is 0 Å². The number of halogens is 4. The monoisotopic (exact) mass is 791 g/mol. The molecule has 0 unspecified atom stereocenters. The van der Waals surface area contributed by atoms with Gasteiger partial charge in [0, 0.05) is 19.3 Å². The zero-order valence-electron chi connectivity index (χ0n) is 18.8. The third-order valence-corrected chi connectivity index (χ3v) is 7.48. The summed E-state index contributed by atoms with van der Waals surface area (Å²) in [5, 5.41) is 21.4. The van der Waals surface area contributed by atoms with Gasteiger partial charge in [-0.05, 0) is 106 Å². The van der Waals surface area contributed by atoms with Crippen molar-refractivity contribution in [2.75, 3.05) is 9.80 Å². The van der Waals surface area contributed by atoms with Crippen molar-refractivity contribution in [2.45, 2.75) is 0 Å². The molecular weight excluding hydrogens is 779 g/mol. The van der Waals surface area contributed by atoms with Crippen LogP contribution in [0, 0.1) is 17.3 Å². The second-order valence-corrected chi connectivity index (χ2v) is 10.9. The Labute approximate surface area is 258 Å². The van der Waals surface area contributed by atoms with Crippen LogP contribution in [0.25, 0.3) is 0 Å². The summed E-state index contributed by atoms with van der Waals surface area (Å²) in [5.74, 6) is -0.371. The summed E-state index contributed by atoms with van der Waals surface area (Å²) < 4.78 is 1.16. The van der Waals surface area contributed by atoms with Gasteiger partial charge in [-0.1, -0.05) is 35.3 Å². The lowest BCUT2D eigenvalue weighted by molar-refractivity contribution is -0.384. The number of non-ortho nitro benzene ring substituents is 1. The Kier molecular flexibility index (Phi) is 8.97. The molecule has 4 rings (SSSR count). The highest BCUT2D eigenvalue weighted by molar-refractivity contribution is 14.1. The minimum atomic E-state index is -1.07. The molecule has 192 valence electrons. The molecule has 0 bridgehead atoms. The van der Waals surface area contributed by atoms with Crippen LogP contribution in [0.3, 0.4) is 0 Å². The average Bonchev–Trinajstić information content (AvgIpc) is 2.86. The number of hydrogen-bond donors (Lipinski definition) is 1. The van der Waals surface area contributed by atoms with Gasteiger partial charge in [0.1, 0.15) is 21.9 Å². The number of nitrogens with zero attached hydrogens (tertiary/aromatic N) is 5. The summed E-state index contributed by atoms with van der Waals surface area (Å²) in [6.07, 6.45) is 0. The first kappa shape index (κ1) is 28.4. The number of carbonyl (C=O) groups is 1. The lowest BCUT2D eigenvalue weighted by Gasteiger charge is -2.33. The second kappa shape index (κ2) is 12.0.